The highest BCUT2D eigenvalue weighted by Crippen LogP contribution is 2.38. The van der Waals surface area contributed by atoms with E-state index in [0.717, 1.165) is 70.6 Å². The Labute approximate surface area is 426 Å². The number of hydrogen-bond donors (Lipinski definition) is 2. The first kappa shape index (κ1) is 66.7. The average molecular weight is 986 g/mol. The van der Waals surface area contributed by atoms with E-state index in [-0.39, 0.29) is 12.5 Å². The Kier molecular flexibility index (Phi) is 48.9. The average Bonchev–Trinajstić information content (AvgIpc) is 3.31. The van der Waals surface area contributed by atoms with Gasteiger partial charge in [-0.2, -0.15) is 0 Å². The molecule has 9 heteroatoms. The van der Waals surface area contributed by atoms with Gasteiger partial charge < -0.3 is 28.8 Å². The zero-order valence-corrected chi connectivity index (χ0v) is 46.4. The number of phosphoric acid groups is 1. The first-order valence-electron chi connectivity index (χ1n) is 28.4. The lowest BCUT2D eigenvalue weighted by atomic mass is 10.0. The molecule has 0 aromatic heterocycles. The van der Waals surface area contributed by atoms with Crippen molar-refractivity contribution in [3.8, 4) is 0 Å². The summed E-state index contributed by atoms with van der Waals surface area (Å²) >= 11 is 0. The Morgan fingerprint density at radius 2 is 0.899 bits per heavy atom. The second kappa shape index (κ2) is 50.6. The quantitative estimate of drug-likeness (QED) is 0.0272. The van der Waals surface area contributed by atoms with E-state index in [1.165, 1.54) is 148 Å². The topological polar surface area (TPSA) is 108 Å². The third-order valence-corrected chi connectivity index (χ3v) is 13.3. The van der Waals surface area contributed by atoms with Crippen molar-refractivity contribution in [1.29, 1.82) is 0 Å². The summed E-state index contributed by atoms with van der Waals surface area (Å²) in [6.07, 6.45) is 70.8. The fourth-order valence-corrected chi connectivity index (χ4v) is 8.62. The predicted molar refractivity (Wildman–Crippen MR) is 297 cm³/mol. The molecule has 0 spiro atoms. The summed E-state index contributed by atoms with van der Waals surface area (Å²) in [7, 11) is 1.23. The van der Waals surface area contributed by atoms with E-state index in [1.807, 2.05) is 27.2 Å². The van der Waals surface area contributed by atoms with Gasteiger partial charge in [0.1, 0.15) is 13.2 Å². The SMILES string of the molecule is CC/C=C\C/C=C\C/C=C\C/C=C\C/C=C\CCCCCCCCCCCCCC(=O)NC(COP(=O)([O-])OCC[N+](C)(C)C)C(O)/C=C/CC/C=C/CCCCCCCCCCCCCCCC. The van der Waals surface area contributed by atoms with E-state index >= 15 is 0 Å². The summed E-state index contributed by atoms with van der Waals surface area (Å²) < 4.78 is 23.3. The van der Waals surface area contributed by atoms with Crippen molar-refractivity contribution in [3.05, 3.63) is 85.1 Å². The van der Waals surface area contributed by atoms with Crippen LogP contribution >= 0.6 is 7.82 Å². The Morgan fingerprint density at radius 3 is 1.35 bits per heavy atom. The van der Waals surface area contributed by atoms with Crippen LogP contribution < -0.4 is 10.2 Å². The van der Waals surface area contributed by atoms with Crippen LogP contribution in [-0.2, 0) is 18.4 Å². The van der Waals surface area contributed by atoms with E-state index in [0.29, 0.717) is 17.4 Å². The summed E-state index contributed by atoms with van der Waals surface area (Å²) in [6, 6.07) is -0.910. The molecule has 0 heterocycles. The van der Waals surface area contributed by atoms with Gasteiger partial charge in [0.15, 0.2) is 0 Å². The van der Waals surface area contributed by atoms with Crippen LogP contribution in [0.1, 0.15) is 239 Å². The fourth-order valence-electron chi connectivity index (χ4n) is 7.90. The predicted octanol–water partition coefficient (Wildman–Crippen LogP) is 16.6. The molecule has 0 rings (SSSR count). The van der Waals surface area contributed by atoms with Gasteiger partial charge in [-0.1, -0.05) is 240 Å². The number of unbranched alkanes of at least 4 members (excludes halogenated alkanes) is 26. The maximum atomic E-state index is 13.0. The second-order valence-corrected chi connectivity index (χ2v) is 21.7. The van der Waals surface area contributed by atoms with Gasteiger partial charge >= 0.3 is 0 Å². The van der Waals surface area contributed by atoms with Crippen LogP contribution in [0.3, 0.4) is 0 Å². The number of nitrogens with zero attached hydrogens (tertiary/aromatic N) is 1. The number of rotatable bonds is 51. The summed E-state index contributed by atoms with van der Waals surface area (Å²) in [5, 5.41) is 13.9. The molecule has 0 radical (unpaired) electrons. The number of hydrogen-bond acceptors (Lipinski definition) is 6. The number of likely N-dealkylation sites (N-methyl/N-ethyl adjacent to an activating group) is 1. The molecule has 0 saturated heterocycles. The van der Waals surface area contributed by atoms with Crippen molar-refractivity contribution in [2.75, 3.05) is 40.9 Å². The number of aliphatic hydroxyl groups excluding tert-OH is 1. The van der Waals surface area contributed by atoms with Gasteiger partial charge in [0.25, 0.3) is 7.82 Å². The highest BCUT2D eigenvalue weighted by atomic mass is 31.2. The number of allylic oxidation sites excluding steroid dienone is 13. The molecule has 2 N–H and O–H groups in total. The lowest BCUT2D eigenvalue weighted by Crippen LogP contribution is -2.45. The minimum absolute atomic E-state index is 0.0103. The van der Waals surface area contributed by atoms with Crippen LogP contribution in [0.4, 0.5) is 0 Å². The molecule has 0 aromatic rings. The molecule has 8 nitrogen and oxygen atoms in total. The largest absolute Gasteiger partial charge is 0.756 e. The lowest BCUT2D eigenvalue weighted by Gasteiger charge is -2.29. The van der Waals surface area contributed by atoms with E-state index < -0.39 is 26.6 Å². The summed E-state index contributed by atoms with van der Waals surface area (Å²) in [6.45, 7) is 4.52. The molecular weight excluding hydrogens is 876 g/mol. The highest BCUT2D eigenvalue weighted by molar-refractivity contribution is 7.45. The van der Waals surface area contributed by atoms with Crippen LogP contribution in [0.2, 0.25) is 0 Å². The first-order chi connectivity index (χ1) is 33.5. The maximum Gasteiger partial charge on any atom is 0.268 e. The normalized spacial score (nSPS) is 14.6. The van der Waals surface area contributed by atoms with Crippen LogP contribution in [0.5, 0.6) is 0 Å². The Bertz CT molecular complexity index is 1400. The van der Waals surface area contributed by atoms with E-state index in [1.54, 1.807) is 6.08 Å². The van der Waals surface area contributed by atoms with Crippen molar-refractivity contribution in [2.24, 2.45) is 0 Å². The lowest BCUT2D eigenvalue weighted by molar-refractivity contribution is -0.870. The minimum Gasteiger partial charge on any atom is -0.756 e. The molecule has 69 heavy (non-hydrogen) atoms. The Morgan fingerprint density at radius 1 is 0.522 bits per heavy atom. The van der Waals surface area contributed by atoms with Crippen LogP contribution in [-0.4, -0.2) is 68.5 Å². The van der Waals surface area contributed by atoms with Crippen LogP contribution in [0.25, 0.3) is 0 Å². The molecule has 0 aliphatic heterocycles. The van der Waals surface area contributed by atoms with Crippen molar-refractivity contribution < 1.29 is 32.9 Å². The molecule has 0 aliphatic rings. The van der Waals surface area contributed by atoms with E-state index in [4.69, 9.17) is 9.05 Å². The molecule has 0 fully saturated rings. The van der Waals surface area contributed by atoms with Gasteiger partial charge in [0, 0.05) is 6.42 Å². The van der Waals surface area contributed by atoms with Gasteiger partial charge in [-0.05, 0) is 77.0 Å². The standard InChI is InChI=1S/C60H109N2O6P/c1-6-8-10-12-14-16-18-20-22-24-26-28-29-30-31-32-33-34-36-38-40-42-44-46-48-50-52-54-60(64)61-58(57-68-69(65,66)67-56-55-62(3,4)5)59(63)53-51-49-47-45-43-41-39-37-35-27-25-23-21-19-17-15-13-11-9-7-2/h8,10,14,16,20,22,26,28,30-31,43,45,51,53,58-59,63H,6-7,9,11-13,15,17-19,21,23-25,27,29,32-42,44,46-50,52,54-57H2,1-5H3,(H-,61,64,65,66)/b10-8-,16-14-,22-20-,28-26-,31-30-,45-43+,53-51+. The number of nitrogens with one attached hydrogen (secondary N) is 1. The maximum absolute atomic E-state index is 13.0. The first-order valence-corrected chi connectivity index (χ1v) is 29.9. The number of aliphatic hydroxyl groups is 1. The van der Waals surface area contributed by atoms with Gasteiger partial charge in [-0.15, -0.1) is 0 Å². The highest BCUT2D eigenvalue weighted by Gasteiger charge is 2.23. The number of phosphoric ester groups is 1. The van der Waals surface area contributed by atoms with E-state index in [9.17, 15) is 19.4 Å². The molecule has 0 saturated carbocycles. The van der Waals surface area contributed by atoms with Crippen LogP contribution in [0.15, 0.2) is 85.1 Å². The summed E-state index contributed by atoms with van der Waals surface area (Å²) in [4.78, 5) is 25.5. The van der Waals surface area contributed by atoms with Gasteiger partial charge in [0.2, 0.25) is 5.91 Å². The second-order valence-electron chi connectivity index (χ2n) is 20.3. The van der Waals surface area contributed by atoms with Gasteiger partial charge in [0.05, 0.1) is 39.9 Å². The molecule has 3 unspecified atom stereocenters. The third kappa shape index (κ3) is 53.3. The Balaban J connectivity index is 4.27. The van der Waals surface area contributed by atoms with Gasteiger partial charge in [-0.25, -0.2) is 0 Å². The van der Waals surface area contributed by atoms with Gasteiger partial charge in [-0.3, -0.25) is 9.36 Å². The zero-order valence-electron chi connectivity index (χ0n) is 45.5. The fraction of sp³-hybridized carbons (Fsp3) is 0.750. The molecule has 0 aromatic carbocycles. The minimum atomic E-state index is -4.61. The summed E-state index contributed by atoms with van der Waals surface area (Å²) in [5.74, 6) is -0.212. The molecule has 1 amide bonds. The number of carbonyl (C=O) groups excluding carboxylic acids is 1. The molecule has 3 atom stereocenters. The number of carbonyl (C=O) groups is 1. The molecule has 0 aliphatic carbocycles. The molecule has 400 valence electrons. The Hall–Kier alpha value is -2.32. The number of quaternary nitrogens is 1. The van der Waals surface area contributed by atoms with Crippen molar-refractivity contribution in [1.82, 2.24) is 5.32 Å². The monoisotopic (exact) mass is 985 g/mol. The smallest absolute Gasteiger partial charge is 0.268 e. The third-order valence-electron chi connectivity index (χ3n) is 12.3. The van der Waals surface area contributed by atoms with Crippen LogP contribution in [0, 0.1) is 0 Å². The van der Waals surface area contributed by atoms with Crippen molar-refractivity contribution in [3.63, 3.8) is 0 Å². The zero-order chi connectivity index (χ0) is 50.6. The van der Waals surface area contributed by atoms with Crippen molar-refractivity contribution >= 4 is 13.7 Å². The molecular formula is C60H109N2O6P. The molecule has 0 bridgehead atoms. The summed E-state index contributed by atoms with van der Waals surface area (Å²) in [5.41, 5.74) is 0. The van der Waals surface area contributed by atoms with E-state index in [2.05, 4.69) is 92.1 Å². The number of amides is 1. The van der Waals surface area contributed by atoms with Crippen molar-refractivity contribution in [2.45, 2.75) is 251 Å².